The first-order chi connectivity index (χ1) is 5.69. The Balaban J connectivity index is 3.13. The number of hydrogen-bond donors (Lipinski definition) is 1. The van der Waals surface area contributed by atoms with E-state index in [2.05, 4.69) is 42.1 Å². The number of imidazole rings is 1. The minimum Gasteiger partial charge on any atom is -0.340 e. The molecule has 0 fully saturated rings. The molecule has 0 bridgehead atoms. The third kappa shape index (κ3) is 1.44. The molecule has 0 aliphatic heterocycles. The summed E-state index contributed by atoms with van der Waals surface area (Å²) in [7, 11) is 0. The van der Waals surface area contributed by atoms with E-state index in [1.54, 1.807) is 6.08 Å². The number of nitrogens with zero attached hydrogens (tertiary/aromatic N) is 2. The molecular formula is C9H13N3. The molecule has 12 heavy (non-hydrogen) atoms. The number of aromatic amines is 1. The maximum absolute atomic E-state index is 4.24. The van der Waals surface area contributed by atoms with Gasteiger partial charge in [-0.15, -0.1) is 0 Å². The zero-order valence-corrected chi connectivity index (χ0v) is 7.46. The topological polar surface area (TPSA) is 41.0 Å². The van der Waals surface area contributed by atoms with E-state index in [-0.39, 0.29) is 0 Å². The van der Waals surface area contributed by atoms with Gasteiger partial charge < -0.3 is 4.98 Å². The van der Waals surface area contributed by atoms with Gasteiger partial charge in [0.05, 0.1) is 5.69 Å². The maximum Gasteiger partial charge on any atom is 0.177 e. The summed E-state index contributed by atoms with van der Waals surface area (Å²) in [5.41, 5.74) is 0.841. The van der Waals surface area contributed by atoms with Crippen molar-refractivity contribution in [2.75, 3.05) is 0 Å². The van der Waals surface area contributed by atoms with Gasteiger partial charge in [-0.1, -0.05) is 20.4 Å². The van der Waals surface area contributed by atoms with Gasteiger partial charge in [0, 0.05) is 5.92 Å². The van der Waals surface area contributed by atoms with Crippen LogP contribution in [0.1, 0.15) is 31.3 Å². The van der Waals surface area contributed by atoms with Gasteiger partial charge in [0.15, 0.2) is 5.82 Å². The number of aromatic nitrogens is 2. The van der Waals surface area contributed by atoms with Crippen molar-refractivity contribution in [2.24, 2.45) is 4.99 Å². The van der Waals surface area contributed by atoms with Gasteiger partial charge in [-0.05, 0) is 12.8 Å². The highest BCUT2D eigenvalue weighted by Gasteiger charge is 2.07. The standard InChI is InChI=1S/C9H13N3/c1-5-7-9(10-4)12-8(11-7)6(2)3/h5-6H,1,4H2,2-3H3,(H,11,12). The van der Waals surface area contributed by atoms with Crippen LogP contribution in [0.2, 0.25) is 0 Å². The molecule has 64 valence electrons. The van der Waals surface area contributed by atoms with Gasteiger partial charge in [-0.2, -0.15) is 0 Å². The van der Waals surface area contributed by atoms with Crippen LogP contribution in [0.4, 0.5) is 5.82 Å². The van der Waals surface area contributed by atoms with E-state index in [0.717, 1.165) is 11.5 Å². The summed E-state index contributed by atoms with van der Waals surface area (Å²) in [6, 6.07) is 0. The molecule has 0 aliphatic rings. The molecule has 1 rings (SSSR count). The van der Waals surface area contributed by atoms with Crippen LogP contribution in [0.25, 0.3) is 6.08 Å². The van der Waals surface area contributed by atoms with Crippen LogP contribution < -0.4 is 0 Å². The lowest BCUT2D eigenvalue weighted by Gasteiger charge is -1.95. The maximum atomic E-state index is 4.24. The molecule has 1 aromatic rings. The molecule has 0 saturated heterocycles. The Morgan fingerprint density at radius 2 is 2.25 bits per heavy atom. The first kappa shape index (κ1) is 8.71. The van der Waals surface area contributed by atoms with E-state index < -0.39 is 0 Å². The Bertz CT molecular complexity index is 271. The molecule has 0 amide bonds. The van der Waals surface area contributed by atoms with Gasteiger partial charge in [0.25, 0.3) is 0 Å². The van der Waals surface area contributed by atoms with Gasteiger partial charge in [0.1, 0.15) is 5.82 Å². The first-order valence-corrected chi connectivity index (χ1v) is 3.88. The predicted octanol–water partition coefficient (Wildman–Crippen LogP) is 2.51. The van der Waals surface area contributed by atoms with E-state index in [1.165, 1.54) is 0 Å². The van der Waals surface area contributed by atoms with Crippen molar-refractivity contribution in [1.82, 2.24) is 9.97 Å². The van der Waals surface area contributed by atoms with Gasteiger partial charge in [0.2, 0.25) is 0 Å². The molecule has 1 N–H and O–H groups in total. The molecule has 0 saturated carbocycles. The summed E-state index contributed by atoms with van der Waals surface area (Å²) < 4.78 is 0. The summed E-state index contributed by atoms with van der Waals surface area (Å²) in [5.74, 6) is 1.93. The monoisotopic (exact) mass is 163 g/mol. The normalized spacial score (nSPS) is 10.2. The molecule has 1 heterocycles. The largest absolute Gasteiger partial charge is 0.340 e. The second kappa shape index (κ2) is 3.34. The van der Waals surface area contributed by atoms with E-state index in [0.29, 0.717) is 11.7 Å². The fourth-order valence-electron chi connectivity index (χ4n) is 0.932. The minimum atomic E-state index is 0.374. The average Bonchev–Trinajstić information content (AvgIpc) is 2.46. The van der Waals surface area contributed by atoms with Gasteiger partial charge in [-0.3, -0.25) is 0 Å². The highest BCUT2D eigenvalue weighted by molar-refractivity contribution is 5.58. The second-order valence-electron chi connectivity index (χ2n) is 2.88. The molecule has 3 nitrogen and oxygen atoms in total. The van der Waals surface area contributed by atoms with Crippen LogP contribution >= 0.6 is 0 Å². The Kier molecular flexibility index (Phi) is 2.43. The molecule has 0 aliphatic carbocycles. The molecule has 0 radical (unpaired) electrons. The summed E-state index contributed by atoms with van der Waals surface area (Å²) in [6.45, 7) is 11.2. The van der Waals surface area contributed by atoms with Crippen LogP contribution in [0.15, 0.2) is 11.6 Å². The van der Waals surface area contributed by atoms with Crippen LogP contribution in [0.5, 0.6) is 0 Å². The number of rotatable bonds is 3. The van der Waals surface area contributed by atoms with Crippen molar-refractivity contribution in [1.29, 1.82) is 0 Å². The number of nitrogens with one attached hydrogen (secondary N) is 1. The first-order valence-electron chi connectivity index (χ1n) is 3.88. The van der Waals surface area contributed by atoms with Crippen molar-refractivity contribution in [3.8, 4) is 0 Å². The van der Waals surface area contributed by atoms with E-state index >= 15 is 0 Å². The highest BCUT2D eigenvalue weighted by Crippen LogP contribution is 2.20. The number of aliphatic imine (C=N–C) groups is 1. The SMILES string of the molecule is C=Cc1[nH]c(C(C)C)nc1N=C. The van der Waals surface area contributed by atoms with Gasteiger partial charge >= 0.3 is 0 Å². The minimum absolute atomic E-state index is 0.374. The summed E-state index contributed by atoms with van der Waals surface area (Å²) >= 11 is 0. The van der Waals surface area contributed by atoms with E-state index in [4.69, 9.17) is 0 Å². The fourth-order valence-corrected chi connectivity index (χ4v) is 0.932. The molecule has 0 aromatic carbocycles. The van der Waals surface area contributed by atoms with Crippen molar-refractivity contribution in [3.05, 3.63) is 18.1 Å². The van der Waals surface area contributed by atoms with E-state index in [9.17, 15) is 0 Å². The highest BCUT2D eigenvalue weighted by atomic mass is 15.0. The molecule has 0 unspecified atom stereocenters. The van der Waals surface area contributed by atoms with E-state index in [1.807, 2.05) is 0 Å². The van der Waals surface area contributed by atoms with Crippen LogP contribution in [-0.4, -0.2) is 16.7 Å². The Hall–Kier alpha value is -1.38. The molecule has 0 atom stereocenters. The lowest BCUT2D eigenvalue weighted by Crippen LogP contribution is -1.88. The van der Waals surface area contributed by atoms with Crippen LogP contribution in [0, 0.1) is 0 Å². The number of H-pyrrole nitrogens is 1. The summed E-state index contributed by atoms with van der Waals surface area (Å²) in [5, 5.41) is 0. The summed E-state index contributed by atoms with van der Waals surface area (Å²) in [6.07, 6.45) is 1.70. The Labute approximate surface area is 72.3 Å². The average molecular weight is 163 g/mol. The molecule has 3 heteroatoms. The fraction of sp³-hybridized carbons (Fsp3) is 0.333. The molecule has 0 spiro atoms. The number of hydrogen-bond acceptors (Lipinski definition) is 2. The lowest BCUT2D eigenvalue weighted by atomic mass is 10.2. The van der Waals surface area contributed by atoms with Crippen LogP contribution in [-0.2, 0) is 0 Å². The molecule has 1 aromatic heterocycles. The zero-order valence-electron chi connectivity index (χ0n) is 7.46. The van der Waals surface area contributed by atoms with Crippen molar-refractivity contribution >= 4 is 18.6 Å². The Morgan fingerprint density at radius 1 is 1.58 bits per heavy atom. The van der Waals surface area contributed by atoms with Crippen molar-refractivity contribution < 1.29 is 0 Å². The predicted molar refractivity (Wildman–Crippen MR) is 52.0 cm³/mol. The smallest absolute Gasteiger partial charge is 0.177 e. The van der Waals surface area contributed by atoms with Gasteiger partial charge in [-0.25, -0.2) is 9.98 Å². The zero-order chi connectivity index (χ0) is 9.14. The van der Waals surface area contributed by atoms with Crippen molar-refractivity contribution in [2.45, 2.75) is 19.8 Å². The third-order valence-corrected chi connectivity index (χ3v) is 1.63. The van der Waals surface area contributed by atoms with Crippen LogP contribution in [0.3, 0.4) is 0 Å². The molecular weight excluding hydrogens is 150 g/mol. The second-order valence-corrected chi connectivity index (χ2v) is 2.88. The van der Waals surface area contributed by atoms with Crippen molar-refractivity contribution in [3.63, 3.8) is 0 Å². The summed E-state index contributed by atoms with van der Waals surface area (Å²) in [4.78, 5) is 11.1. The third-order valence-electron chi connectivity index (χ3n) is 1.63. The lowest BCUT2D eigenvalue weighted by molar-refractivity contribution is 0.794. The Morgan fingerprint density at radius 3 is 2.58 bits per heavy atom. The quantitative estimate of drug-likeness (QED) is 0.683.